The van der Waals surface area contributed by atoms with E-state index < -0.39 is 0 Å². The predicted octanol–water partition coefficient (Wildman–Crippen LogP) is 2.59. The second kappa shape index (κ2) is 5.89. The SMILES string of the molecule is CC(Nc1c(Cl)cnn(CC2CCC2)c1=O)c1cn[nH]c1. The van der Waals surface area contributed by atoms with Crippen molar-refractivity contribution >= 4 is 17.3 Å². The van der Waals surface area contributed by atoms with Crippen molar-refractivity contribution in [2.45, 2.75) is 38.8 Å². The van der Waals surface area contributed by atoms with Gasteiger partial charge in [-0.25, -0.2) is 4.68 Å². The number of rotatable bonds is 5. The highest BCUT2D eigenvalue weighted by Gasteiger charge is 2.21. The molecule has 0 saturated heterocycles. The van der Waals surface area contributed by atoms with Crippen LogP contribution in [0.5, 0.6) is 0 Å². The van der Waals surface area contributed by atoms with Gasteiger partial charge < -0.3 is 5.32 Å². The van der Waals surface area contributed by atoms with E-state index in [0.717, 1.165) is 5.56 Å². The Bertz CT molecular complexity index is 662. The van der Waals surface area contributed by atoms with Gasteiger partial charge in [-0.15, -0.1) is 0 Å². The Labute approximate surface area is 127 Å². The molecule has 1 saturated carbocycles. The van der Waals surface area contributed by atoms with Crippen molar-refractivity contribution < 1.29 is 0 Å². The van der Waals surface area contributed by atoms with Crippen molar-refractivity contribution in [1.82, 2.24) is 20.0 Å². The smallest absolute Gasteiger partial charge is 0.291 e. The maximum Gasteiger partial charge on any atom is 0.291 e. The number of hydrogen-bond donors (Lipinski definition) is 2. The minimum Gasteiger partial charge on any atom is -0.373 e. The molecule has 0 amide bonds. The Hall–Kier alpha value is -1.82. The average molecular weight is 308 g/mol. The fourth-order valence-corrected chi connectivity index (χ4v) is 2.63. The summed E-state index contributed by atoms with van der Waals surface area (Å²) in [5, 5.41) is 14.3. The maximum atomic E-state index is 12.5. The summed E-state index contributed by atoms with van der Waals surface area (Å²) in [6, 6.07) is -0.0616. The highest BCUT2D eigenvalue weighted by molar-refractivity contribution is 6.33. The number of halogens is 1. The summed E-state index contributed by atoms with van der Waals surface area (Å²) in [6.45, 7) is 2.63. The zero-order chi connectivity index (χ0) is 14.8. The summed E-state index contributed by atoms with van der Waals surface area (Å²) in [7, 11) is 0. The van der Waals surface area contributed by atoms with Gasteiger partial charge in [-0.3, -0.25) is 9.89 Å². The standard InChI is InChI=1S/C14H18ClN5O/c1-9(11-5-16-17-6-11)19-13-12(15)7-18-20(14(13)21)8-10-3-2-4-10/h5-7,9-10,19H,2-4,8H2,1H3,(H,16,17). The molecule has 6 nitrogen and oxygen atoms in total. The molecule has 0 aromatic carbocycles. The Kier molecular flexibility index (Phi) is 3.96. The van der Waals surface area contributed by atoms with E-state index in [1.54, 1.807) is 12.4 Å². The summed E-state index contributed by atoms with van der Waals surface area (Å²) in [6.07, 6.45) is 8.64. The number of aromatic amines is 1. The summed E-state index contributed by atoms with van der Waals surface area (Å²) >= 11 is 6.13. The number of anilines is 1. The lowest BCUT2D eigenvalue weighted by Gasteiger charge is -2.25. The molecule has 2 heterocycles. The fraction of sp³-hybridized carbons (Fsp3) is 0.500. The molecule has 1 aliphatic rings. The Morgan fingerprint density at radius 3 is 2.95 bits per heavy atom. The molecule has 1 unspecified atom stereocenters. The number of hydrogen-bond acceptors (Lipinski definition) is 4. The quantitative estimate of drug-likeness (QED) is 0.890. The lowest BCUT2D eigenvalue weighted by Crippen LogP contribution is -2.31. The van der Waals surface area contributed by atoms with E-state index in [4.69, 9.17) is 11.6 Å². The van der Waals surface area contributed by atoms with E-state index >= 15 is 0 Å². The third-order valence-electron chi connectivity index (χ3n) is 4.03. The van der Waals surface area contributed by atoms with E-state index in [1.807, 2.05) is 6.92 Å². The third kappa shape index (κ3) is 2.95. The molecule has 2 aromatic rings. The van der Waals surface area contributed by atoms with Gasteiger partial charge in [0.05, 0.1) is 23.5 Å². The second-order valence-electron chi connectivity index (χ2n) is 5.55. The monoisotopic (exact) mass is 307 g/mol. The van der Waals surface area contributed by atoms with Gasteiger partial charge in [-0.05, 0) is 25.7 Å². The van der Waals surface area contributed by atoms with Gasteiger partial charge in [-0.1, -0.05) is 18.0 Å². The van der Waals surface area contributed by atoms with Crippen LogP contribution in [-0.2, 0) is 6.54 Å². The number of nitrogens with one attached hydrogen (secondary N) is 2. The first-order valence-corrected chi connectivity index (χ1v) is 7.54. The van der Waals surface area contributed by atoms with E-state index in [2.05, 4.69) is 20.6 Å². The van der Waals surface area contributed by atoms with Crippen molar-refractivity contribution in [3.63, 3.8) is 0 Å². The first-order valence-electron chi connectivity index (χ1n) is 7.16. The lowest BCUT2D eigenvalue weighted by molar-refractivity contribution is 0.262. The molecule has 0 bridgehead atoms. The zero-order valence-electron chi connectivity index (χ0n) is 11.8. The molecule has 3 rings (SSSR count). The number of aromatic nitrogens is 4. The van der Waals surface area contributed by atoms with Crippen LogP contribution in [0.2, 0.25) is 5.02 Å². The summed E-state index contributed by atoms with van der Waals surface area (Å²) in [4.78, 5) is 12.5. The molecule has 2 aromatic heterocycles. The molecule has 112 valence electrons. The van der Waals surface area contributed by atoms with Gasteiger partial charge in [0.15, 0.2) is 0 Å². The van der Waals surface area contributed by atoms with Gasteiger partial charge in [0.1, 0.15) is 5.69 Å². The molecule has 21 heavy (non-hydrogen) atoms. The van der Waals surface area contributed by atoms with Crippen LogP contribution in [0, 0.1) is 5.92 Å². The van der Waals surface area contributed by atoms with Crippen LogP contribution < -0.4 is 10.9 Å². The van der Waals surface area contributed by atoms with E-state index in [1.165, 1.54) is 30.1 Å². The van der Waals surface area contributed by atoms with Gasteiger partial charge in [0.25, 0.3) is 5.56 Å². The van der Waals surface area contributed by atoms with E-state index in [0.29, 0.717) is 23.2 Å². The fourth-order valence-electron chi connectivity index (χ4n) is 2.45. The highest BCUT2D eigenvalue weighted by atomic mass is 35.5. The van der Waals surface area contributed by atoms with Crippen molar-refractivity contribution in [2.24, 2.45) is 5.92 Å². The summed E-state index contributed by atoms with van der Waals surface area (Å²) in [5.74, 6) is 0.565. The Morgan fingerprint density at radius 1 is 1.52 bits per heavy atom. The summed E-state index contributed by atoms with van der Waals surface area (Å²) < 4.78 is 1.51. The van der Waals surface area contributed by atoms with E-state index in [9.17, 15) is 4.79 Å². The normalized spacial score (nSPS) is 16.5. The van der Waals surface area contributed by atoms with Gasteiger partial charge in [0, 0.05) is 18.3 Å². The topological polar surface area (TPSA) is 75.6 Å². The van der Waals surface area contributed by atoms with Gasteiger partial charge >= 0.3 is 0 Å². The zero-order valence-corrected chi connectivity index (χ0v) is 12.6. The molecule has 0 radical (unpaired) electrons. The molecule has 0 spiro atoms. The van der Waals surface area contributed by atoms with Crippen molar-refractivity contribution in [1.29, 1.82) is 0 Å². The largest absolute Gasteiger partial charge is 0.373 e. The number of nitrogens with zero attached hydrogens (tertiary/aromatic N) is 3. The first kappa shape index (κ1) is 14.1. The molecule has 2 N–H and O–H groups in total. The Morgan fingerprint density at radius 2 is 2.33 bits per heavy atom. The van der Waals surface area contributed by atoms with Crippen LogP contribution in [0.25, 0.3) is 0 Å². The van der Waals surface area contributed by atoms with Crippen LogP contribution >= 0.6 is 11.6 Å². The van der Waals surface area contributed by atoms with Gasteiger partial charge in [0.2, 0.25) is 0 Å². The second-order valence-corrected chi connectivity index (χ2v) is 5.96. The van der Waals surface area contributed by atoms with Crippen molar-refractivity contribution in [3.8, 4) is 0 Å². The first-order chi connectivity index (χ1) is 10.1. The minimum absolute atomic E-state index is 0.0616. The predicted molar refractivity (Wildman–Crippen MR) is 81.5 cm³/mol. The molecule has 1 aliphatic carbocycles. The molecule has 7 heteroatoms. The van der Waals surface area contributed by atoms with Gasteiger partial charge in [-0.2, -0.15) is 10.2 Å². The average Bonchev–Trinajstić information content (AvgIpc) is 2.94. The lowest BCUT2D eigenvalue weighted by atomic mass is 9.85. The maximum absolute atomic E-state index is 12.5. The molecule has 1 fully saturated rings. The van der Waals surface area contributed by atoms with E-state index in [-0.39, 0.29) is 11.6 Å². The van der Waals surface area contributed by atoms with Crippen LogP contribution in [-0.4, -0.2) is 20.0 Å². The number of H-pyrrole nitrogens is 1. The van der Waals surface area contributed by atoms with Crippen molar-refractivity contribution in [2.75, 3.05) is 5.32 Å². The van der Waals surface area contributed by atoms with Crippen LogP contribution in [0.15, 0.2) is 23.4 Å². The minimum atomic E-state index is -0.162. The third-order valence-corrected chi connectivity index (χ3v) is 4.32. The molecular weight excluding hydrogens is 290 g/mol. The summed E-state index contributed by atoms with van der Waals surface area (Å²) in [5.41, 5.74) is 1.21. The molecular formula is C14H18ClN5O. The van der Waals surface area contributed by atoms with Crippen LogP contribution in [0.3, 0.4) is 0 Å². The molecule has 1 atom stereocenters. The van der Waals surface area contributed by atoms with Crippen molar-refractivity contribution in [3.05, 3.63) is 39.5 Å². The van der Waals surface area contributed by atoms with Crippen LogP contribution in [0.4, 0.5) is 5.69 Å². The van der Waals surface area contributed by atoms with Crippen LogP contribution in [0.1, 0.15) is 37.8 Å². The Balaban J connectivity index is 1.83. The highest BCUT2D eigenvalue weighted by Crippen LogP contribution is 2.28. The molecule has 0 aliphatic heterocycles.